The third kappa shape index (κ3) is 3.12. The maximum absolute atomic E-state index is 12.6. The van der Waals surface area contributed by atoms with Gasteiger partial charge in [0.25, 0.3) is 5.91 Å². The van der Waals surface area contributed by atoms with Crippen LogP contribution in [0.2, 0.25) is 0 Å². The second-order valence-electron chi connectivity index (χ2n) is 6.66. The zero-order valence-electron chi connectivity index (χ0n) is 14.8. The molecule has 0 bridgehead atoms. The molecular weight excluding hydrogens is 332 g/mol. The minimum atomic E-state index is -0.426. The maximum Gasteiger partial charge on any atom is 0.274 e. The van der Waals surface area contributed by atoms with E-state index in [0.717, 1.165) is 48.1 Å². The molecule has 26 heavy (non-hydrogen) atoms. The van der Waals surface area contributed by atoms with Gasteiger partial charge >= 0.3 is 0 Å². The predicted octanol–water partition coefficient (Wildman–Crippen LogP) is 3.40. The lowest BCUT2D eigenvalue weighted by Crippen LogP contribution is -2.28. The van der Waals surface area contributed by atoms with Gasteiger partial charge in [-0.25, -0.2) is 0 Å². The third-order valence-corrected chi connectivity index (χ3v) is 4.60. The third-order valence-electron chi connectivity index (χ3n) is 4.60. The summed E-state index contributed by atoms with van der Waals surface area (Å²) in [6.07, 6.45) is 3.79. The quantitative estimate of drug-likeness (QED) is 0.773. The van der Waals surface area contributed by atoms with Gasteiger partial charge in [-0.15, -0.1) is 0 Å². The number of nitrogens with one attached hydrogen (secondary N) is 1. The van der Waals surface area contributed by atoms with Gasteiger partial charge in [0.15, 0.2) is 5.69 Å². The van der Waals surface area contributed by atoms with Crippen LogP contribution in [-0.4, -0.2) is 21.2 Å². The van der Waals surface area contributed by atoms with Crippen LogP contribution in [0.5, 0.6) is 0 Å². The molecule has 0 spiro atoms. The van der Waals surface area contributed by atoms with Gasteiger partial charge < -0.3 is 14.4 Å². The molecular formula is C19H20N4O3. The summed E-state index contributed by atoms with van der Waals surface area (Å²) in [7, 11) is 0. The van der Waals surface area contributed by atoms with Crippen molar-refractivity contribution in [1.29, 1.82) is 0 Å². The van der Waals surface area contributed by atoms with Crippen molar-refractivity contribution in [1.82, 2.24) is 20.6 Å². The number of rotatable bonds is 4. The molecule has 2 heterocycles. The Balaban J connectivity index is 1.49. The van der Waals surface area contributed by atoms with Gasteiger partial charge in [0.2, 0.25) is 11.7 Å². The van der Waals surface area contributed by atoms with E-state index in [1.54, 1.807) is 6.92 Å². The summed E-state index contributed by atoms with van der Waals surface area (Å²) in [5, 5.41) is 10.8. The van der Waals surface area contributed by atoms with Crippen molar-refractivity contribution in [2.45, 2.75) is 45.6 Å². The van der Waals surface area contributed by atoms with Gasteiger partial charge in [-0.3, -0.25) is 4.79 Å². The number of carbonyl (C=O) groups is 1. The summed E-state index contributed by atoms with van der Waals surface area (Å²) in [5.74, 6) is 1.41. The van der Waals surface area contributed by atoms with E-state index < -0.39 is 6.04 Å². The fourth-order valence-corrected chi connectivity index (χ4v) is 3.20. The van der Waals surface area contributed by atoms with E-state index in [-0.39, 0.29) is 5.91 Å². The minimum Gasteiger partial charge on any atom is -0.360 e. The van der Waals surface area contributed by atoms with Gasteiger partial charge in [0.1, 0.15) is 11.8 Å². The molecule has 1 aliphatic carbocycles. The number of nitrogens with zero attached hydrogens (tertiary/aromatic N) is 3. The Bertz CT molecular complexity index is 944. The summed E-state index contributed by atoms with van der Waals surface area (Å²) in [4.78, 5) is 17.0. The Morgan fingerprint density at radius 2 is 2.04 bits per heavy atom. The van der Waals surface area contributed by atoms with Crippen LogP contribution in [0.25, 0.3) is 11.4 Å². The normalized spacial score (nSPS) is 14.7. The highest BCUT2D eigenvalue weighted by atomic mass is 16.5. The van der Waals surface area contributed by atoms with Crippen molar-refractivity contribution in [3.63, 3.8) is 0 Å². The highest BCUT2D eigenvalue weighted by molar-refractivity contribution is 5.94. The van der Waals surface area contributed by atoms with Crippen LogP contribution >= 0.6 is 0 Å². The van der Waals surface area contributed by atoms with Crippen molar-refractivity contribution in [2.75, 3.05) is 0 Å². The molecule has 0 radical (unpaired) electrons. The molecule has 3 aromatic rings. The van der Waals surface area contributed by atoms with E-state index >= 15 is 0 Å². The monoisotopic (exact) mass is 352 g/mol. The molecule has 1 amide bonds. The van der Waals surface area contributed by atoms with Crippen LogP contribution in [0, 0.1) is 6.92 Å². The average molecular weight is 352 g/mol. The maximum atomic E-state index is 12.6. The molecule has 0 unspecified atom stereocenters. The summed E-state index contributed by atoms with van der Waals surface area (Å²) in [6, 6.07) is 7.43. The Morgan fingerprint density at radius 3 is 2.88 bits per heavy atom. The molecule has 1 atom stereocenters. The second kappa shape index (κ2) is 6.74. The van der Waals surface area contributed by atoms with Gasteiger partial charge in [-0.1, -0.05) is 34.1 Å². The number of hydrogen-bond donors (Lipinski definition) is 1. The van der Waals surface area contributed by atoms with Crippen molar-refractivity contribution in [2.24, 2.45) is 0 Å². The van der Waals surface area contributed by atoms with Crippen LogP contribution in [-0.2, 0) is 12.8 Å². The average Bonchev–Trinajstić information content (AvgIpc) is 3.29. The molecule has 1 aromatic carbocycles. The van der Waals surface area contributed by atoms with Crippen LogP contribution in [0.4, 0.5) is 0 Å². The zero-order chi connectivity index (χ0) is 18.1. The summed E-state index contributed by atoms with van der Waals surface area (Å²) in [6.45, 7) is 3.81. The van der Waals surface area contributed by atoms with E-state index in [0.29, 0.717) is 17.4 Å². The van der Waals surface area contributed by atoms with Crippen molar-refractivity contribution < 1.29 is 13.8 Å². The first kappa shape index (κ1) is 16.5. The molecule has 2 aromatic heterocycles. The Hall–Kier alpha value is -2.96. The topological polar surface area (TPSA) is 94.1 Å². The van der Waals surface area contributed by atoms with Gasteiger partial charge in [-0.2, -0.15) is 4.98 Å². The van der Waals surface area contributed by atoms with Gasteiger partial charge in [0, 0.05) is 17.5 Å². The highest BCUT2D eigenvalue weighted by Crippen LogP contribution is 2.25. The lowest BCUT2D eigenvalue weighted by atomic mass is 9.96. The molecule has 0 saturated carbocycles. The van der Waals surface area contributed by atoms with Gasteiger partial charge in [-0.05, 0) is 39.2 Å². The first-order chi connectivity index (χ1) is 12.6. The number of carbonyl (C=O) groups excluding carboxylic acids is 1. The lowest BCUT2D eigenvalue weighted by molar-refractivity contribution is 0.0922. The molecule has 0 saturated heterocycles. The fraction of sp³-hybridized carbons (Fsp3) is 0.368. The molecule has 7 heteroatoms. The molecule has 0 fully saturated rings. The van der Waals surface area contributed by atoms with Crippen LogP contribution in [0.15, 0.2) is 33.3 Å². The summed E-state index contributed by atoms with van der Waals surface area (Å²) < 4.78 is 10.6. The van der Waals surface area contributed by atoms with Crippen LogP contribution in [0.1, 0.15) is 59.1 Å². The predicted molar refractivity (Wildman–Crippen MR) is 93.5 cm³/mol. The summed E-state index contributed by atoms with van der Waals surface area (Å²) in [5.41, 5.74) is 3.28. The Kier molecular flexibility index (Phi) is 4.28. The largest absolute Gasteiger partial charge is 0.360 e. The standard InChI is InChI=1S/C19H20N4O3/c1-11-6-5-7-13(10-11)17-21-19(26-23-17)12(2)20-18(24)16-14-8-3-4-9-15(14)25-22-16/h5-7,10,12H,3-4,8-9H2,1-2H3,(H,20,24)/t12-/m1/s1. The number of benzene rings is 1. The van der Waals surface area contributed by atoms with Gasteiger partial charge in [0.05, 0.1) is 0 Å². The Morgan fingerprint density at radius 1 is 1.19 bits per heavy atom. The first-order valence-electron chi connectivity index (χ1n) is 8.81. The zero-order valence-corrected chi connectivity index (χ0v) is 14.8. The minimum absolute atomic E-state index is 0.278. The number of hydrogen-bond acceptors (Lipinski definition) is 6. The number of aryl methyl sites for hydroxylation is 2. The van der Waals surface area contributed by atoms with E-state index in [4.69, 9.17) is 9.05 Å². The smallest absolute Gasteiger partial charge is 0.274 e. The van der Waals surface area contributed by atoms with Crippen LogP contribution in [0.3, 0.4) is 0 Å². The van der Waals surface area contributed by atoms with E-state index in [9.17, 15) is 4.79 Å². The molecule has 7 nitrogen and oxygen atoms in total. The number of amides is 1. The molecule has 1 N–H and O–H groups in total. The first-order valence-corrected chi connectivity index (χ1v) is 8.81. The SMILES string of the molecule is Cc1cccc(-c2noc([C@@H](C)NC(=O)c3noc4c3CCCC4)n2)c1. The summed E-state index contributed by atoms with van der Waals surface area (Å²) >= 11 is 0. The van der Waals surface area contributed by atoms with Crippen molar-refractivity contribution in [3.8, 4) is 11.4 Å². The van der Waals surface area contributed by atoms with Crippen molar-refractivity contribution >= 4 is 5.91 Å². The van der Waals surface area contributed by atoms with Crippen molar-refractivity contribution in [3.05, 3.63) is 52.7 Å². The number of aromatic nitrogens is 3. The lowest BCUT2D eigenvalue weighted by Gasteiger charge is -2.11. The number of fused-ring (bicyclic) bond motifs is 1. The highest BCUT2D eigenvalue weighted by Gasteiger charge is 2.26. The molecule has 134 valence electrons. The Labute approximate surface area is 150 Å². The van der Waals surface area contributed by atoms with E-state index in [1.165, 1.54) is 0 Å². The second-order valence-corrected chi connectivity index (χ2v) is 6.66. The fourth-order valence-electron chi connectivity index (χ4n) is 3.20. The van der Waals surface area contributed by atoms with E-state index in [1.807, 2.05) is 31.2 Å². The van der Waals surface area contributed by atoms with E-state index in [2.05, 4.69) is 20.6 Å². The molecule has 1 aliphatic rings. The van der Waals surface area contributed by atoms with Crippen LogP contribution < -0.4 is 5.32 Å². The molecule has 4 rings (SSSR count). The molecule has 0 aliphatic heterocycles.